The first-order valence-corrected chi connectivity index (χ1v) is 6.00. The summed E-state index contributed by atoms with van der Waals surface area (Å²) >= 11 is 0. The summed E-state index contributed by atoms with van der Waals surface area (Å²) < 4.78 is 0. The summed E-state index contributed by atoms with van der Waals surface area (Å²) in [6, 6.07) is 12.6. The van der Waals surface area contributed by atoms with Crippen LogP contribution < -0.4 is 5.32 Å². The zero-order chi connectivity index (χ0) is 14.2. The fraction of sp³-hybridized carbons (Fsp3) is 0.0667. The first-order valence-electron chi connectivity index (χ1n) is 6.00. The number of nitriles is 1. The van der Waals surface area contributed by atoms with Gasteiger partial charge in [0.2, 0.25) is 0 Å². The van der Waals surface area contributed by atoms with Crippen molar-refractivity contribution in [2.75, 3.05) is 0 Å². The Hall–Kier alpha value is -3.00. The van der Waals surface area contributed by atoms with Gasteiger partial charge in [0.1, 0.15) is 11.6 Å². The first kappa shape index (κ1) is 13.4. The maximum Gasteiger partial charge on any atom is 0.262 e. The number of nitrogens with one attached hydrogen (secondary N) is 1. The van der Waals surface area contributed by atoms with Crippen LogP contribution in [-0.4, -0.2) is 15.9 Å². The standard InChI is InChI=1S/C15H12N4O/c16-10-12(9-13-5-1-3-7-17-13)15(20)19-11-14-6-2-4-8-18-14/h1-9H,11H2,(H,19,20)/b12-9+. The third-order valence-electron chi connectivity index (χ3n) is 2.50. The van der Waals surface area contributed by atoms with Crippen LogP contribution in [-0.2, 0) is 11.3 Å². The van der Waals surface area contributed by atoms with Gasteiger partial charge in [-0.25, -0.2) is 0 Å². The Kier molecular flexibility index (Phi) is 4.57. The van der Waals surface area contributed by atoms with Gasteiger partial charge < -0.3 is 5.32 Å². The number of carbonyl (C=O) groups excluding carboxylic acids is 1. The summed E-state index contributed by atoms with van der Waals surface area (Å²) in [6.45, 7) is 0.279. The Balaban J connectivity index is 2.03. The number of rotatable bonds is 4. The van der Waals surface area contributed by atoms with E-state index in [4.69, 9.17) is 5.26 Å². The van der Waals surface area contributed by atoms with Crippen molar-refractivity contribution in [3.8, 4) is 6.07 Å². The van der Waals surface area contributed by atoms with Gasteiger partial charge in [0.05, 0.1) is 17.9 Å². The number of hydrogen-bond acceptors (Lipinski definition) is 4. The highest BCUT2D eigenvalue weighted by atomic mass is 16.1. The summed E-state index contributed by atoms with van der Waals surface area (Å²) in [5.41, 5.74) is 1.31. The van der Waals surface area contributed by atoms with Gasteiger partial charge in [-0.15, -0.1) is 0 Å². The van der Waals surface area contributed by atoms with Crippen molar-refractivity contribution in [3.63, 3.8) is 0 Å². The molecule has 0 bridgehead atoms. The maximum absolute atomic E-state index is 11.9. The van der Waals surface area contributed by atoms with E-state index < -0.39 is 5.91 Å². The molecule has 5 heteroatoms. The molecule has 1 N–H and O–H groups in total. The van der Waals surface area contributed by atoms with Gasteiger partial charge in [0, 0.05) is 12.4 Å². The predicted octanol–water partition coefficient (Wildman–Crippen LogP) is 1.70. The monoisotopic (exact) mass is 264 g/mol. The van der Waals surface area contributed by atoms with Crippen molar-refractivity contribution in [2.45, 2.75) is 6.54 Å². The minimum Gasteiger partial charge on any atom is -0.346 e. The molecule has 0 atom stereocenters. The van der Waals surface area contributed by atoms with Crippen molar-refractivity contribution in [1.82, 2.24) is 15.3 Å². The maximum atomic E-state index is 11.9. The van der Waals surface area contributed by atoms with Crippen LogP contribution in [0.4, 0.5) is 0 Å². The van der Waals surface area contributed by atoms with E-state index in [1.165, 1.54) is 6.08 Å². The Morgan fingerprint density at radius 2 is 1.95 bits per heavy atom. The molecule has 5 nitrogen and oxygen atoms in total. The van der Waals surface area contributed by atoms with E-state index in [2.05, 4.69) is 15.3 Å². The minimum atomic E-state index is -0.441. The number of nitrogens with zero attached hydrogens (tertiary/aromatic N) is 3. The second-order valence-corrected chi connectivity index (χ2v) is 3.93. The highest BCUT2D eigenvalue weighted by Crippen LogP contribution is 2.03. The number of amides is 1. The van der Waals surface area contributed by atoms with Gasteiger partial charge in [0.15, 0.2) is 0 Å². The zero-order valence-electron chi connectivity index (χ0n) is 10.7. The molecule has 0 saturated heterocycles. The van der Waals surface area contributed by atoms with Gasteiger partial charge in [-0.05, 0) is 30.3 Å². The molecule has 0 unspecified atom stereocenters. The second kappa shape index (κ2) is 6.81. The molecular weight excluding hydrogens is 252 g/mol. The minimum absolute atomic E-state index is 0.0135. The average molecular weight is 264 g/mol. The molecule has 0 aliphatic carbocycles. The van der Waals surface area contributed by atoms with Crippen LogP contribution in [0.2, 0.25) is 0 Å². The molecule has 0 aromatic carbocycles. The van der Waals surface area contributed by atoms with Crippen molar-refractivity contribution in [3.05, 3.63) is 65.8 Å². The lowest BCUT2D eigenvalue weighted by atomic mass is 10.2. The number of hydrogen-bond donors (Lipinski definition) is 1. The van der Waals surface area contributed by atoms with Gasteiger partial charge in [-0.2, -0.15) is 5.26 Å². The van der Waals surface area contributed by atoms with Gasteiger partial charge in [-0.1, -0.05) is 12.1 Å². The summed E-state index contributed by atoms with van der Waals surface area (Å²) in [4.78, 5) is 20.0. The Morgan fingerprint density at radius 3 is 2.55 bits per heavy atom. The fourth-order valence-electron chi connectivity index (χ4n) is 1.53. The highest BCUT2D eigenvalue weighted by Gasteiger charge is 2.09. The van der Waals surface area contributed by atoms with Gasteiger partial charge >= 0.3 is 0 Å². The van der Waals surface area contributed by atoms with Crippen LogP contribution in [0.5, 0.6) is 0 Å². The molecular formula is C15H12N4O. The molecule has 2 rings (SSSR count). The van der Waals surface area contributed by atoms with Crippen LogP contribution in [0.15, 0.2) is 54.4 Å². The van der Waals surface area contributed by atoms with E-state index >= 15 is 0 Å². The van der Waals surface area contributed by atoms with Crippen LogP contribution in [0.25, 0.3) is 6.08 Å². The SMILES string of the molecule is N#C/C(=C\c1ccccn1)C(=O)NCc1ccccn1. The van der Waals surface area contributed by atoms with Crippen molar-refractivity contribution >= 4 is 12.0 Å². The second-order valence-electron chi connectivity index (χ2n) is 3.93. The smallest absolute Gasteiger partial charge is 0.262 e. The molecule has 98 valence electrons. The third-order valence-corrected chi connectivity index (χ3v) is 2.50. The van der Waals surface area contributed by atoms with Crippen LogP contribution in [0, 0.1) is 11.3 Å². The molecule has 0 saturated carbocycles. The molecule has 0 aliphatic rings. The Morgan fingerprint density at radius 1 is 1.20 bits per heavy atom. The molecule has 0 spiro atoms. The topological polar surface area (TPSA) is 78.7 Å². The van der Waals surface area contributed by atoms with Crippen molar-refractivity contribution in [1.29, 1.82) is 5.26 Å². The van der Waals surface area contributed by atoms with E-state index in [9.17, 15) is 4.79 Å². The van der Waals surface area contributed by atoms with Crippen LogP contribution in [0.1, 0.15) is 11.4 Å². The largest absolute Gasteiger partial charge is 0.346 e. The lowest BCUT2D eigenvalue weighted by molar-refractivity contribution is -0.117. The van der Waals surface area contributed by atoms with Crippen molar-refractivity contribution in [2.24, 2.45) is 0 Å². The third kappa shape index (κ3) is 3.75. The average Bonchev–Trinajstić information content (AvgIpc) is 2.52. The van der Waals surface area contributed by atoms with Crippen LogP contribution in [0.3, 0.4) is 0 Å². The van der Waals surface area contributed by atoms with E-state index in [0.29, 0.717) is 5.69 Å². The molecule has 20 heavy (non-hydrogen) atoms. The summed E-state index contributed by atoms with van der Waals surface area (Å²) in [6.07, 6.45) is 4.71. The number of carbonyl (C=O) groups is 1. The van der Waals surface area contributed by atoms with E-state index in [1.54, 1.807) is 42.7 Å². The molecule has 1 amide bonds. The number of aromatic nitrogens is 2. The molecule has 2 aromatic rings. The highest BCUT2D eigenvalue weighted by molar-refractivity contribution is 6.01. The molecule has 0 radical (unpaired) electrons. The lowest BCUT2D eigenvalue weighted by Gasteiger charge is -2.03. The van der Waals surface area contributed by atoms with Gasteiger partial charge in [-0.3, -0.25) is 14.8 Å². The number of pyridine rings is 2. The van der Waals surface area contributed by atoms with Gasteiger partial charge in [0.25, 0.3) is 5.91 Å². The van der Waals surface area contributed by atoms with Crippen molar-refractivity contribution < 1.29 is 4.79 Å². The van der Waals surface area contributed by atoms with E-state index in [-0.39, 0.29) is 12.1 Å². The summed E-state index contributed by atoms with van der Waals surface area (Å²) in [5, 5.41) is 11.7. The molecule has 0 fully saturated rings. The van der Waals surface area contributed by atoms with E-state index in [1.807, 2.05) is 12.1 Å². The van der Waals surface area contributed by atoms with E-state index in [0.717, 1.165) is 5.69 Å². The fourth-order valence-corrected chi connectivity index (χ4v) is 1.53. The summed E-state index contributed by atoms with van der Waals surface area (Å²) in [5.74, 6) is -0.441. The molecule has 2 aromatic heterocycles. The summed E-state index contributed by atoms with van der Waals surface area (Å²) in [7, 11) is 0. The molecule has 0 aliphatic heterocycles. The quantitative estimate of drug-likeness (QED) is 0.673. The lowest BCUT2D eigenvalue weighted by Crippen LogP contribution is -2.24. The normalized spacial score (nSPS) is 10.7. The zero-order valence-corrected chi connectivity index (χ0v) is 10.7. The Labute approximate surface area is 116 Å². The molecule has 2 heterocycles. The Bertz CT molecular complexity index is 645. The first-order chi connectivity index (χ1) is 9.79. The predicted molar refractivity (Wildman–Crippen MR) is 73.9 cm³/mol. The van der Waals surface area contributed by atoms with Crippen LogP contribution >= 0.6 is 0 Å².